The van der Waals surface area contributed by atoms with Gasteiger partial charge in [-0.1, -0.05) is 12.1 Å². The summed E-state index contributed by atoms with van der Waals surface area (Å²) >= 11 is 1.19. The number of nitrogens with zero attached hydrogens (tertiary/aromatic N) is 2. The van der Waals surface area contributed by atoms with Crippen molar-refractivity contribution < 1.29 is 27.3 Å². The van der Waals surface area contributed by atoms with Crippen molar-refractivity contribution in [2.75, 3.05) is 4.90 Å². The summed E-state index contributed by atoms with van der Waals surface area (Å²) in [6, 6.07) is 7.65. The molecule has 0 N–H and O–H groups in total. The van der Waals surface area contributed by atoms with Crippen molar-refractivity contribution in [3.05, 3.63) is 77.0 Å². The molecule has 27 heavy (non-hydrogen) atoms. The minimum atomic E-state index is -0.770. The van der Waals surface area contributed by atoms with Gasteiger partial charge in [0.1, 0.15) is 23.9 Å². The van der Waals surface area contributed by atoms with Crippen molar-refractivity contribution in [1.82, 2.24) is 0 Å². The second-order valence-corrected chi connectivity index (χ2v) is 7.03. The molecule has 0 saturated heterocycles. The van der Waals surface area contributed by atoms with Crippen molar-refractivity contribution in [3.63, 3.8) is 0 Å². The molecule has 8 heteroatoms. The van der Waals surface area contributed by atoms with Gasteiger partial charge >= 0.3 is 11.9 Å². The molecule has 3 amide bonds. The second-order valence-electron chi connectivity index (χ2n) is 6.02. The molecule has 0 fully saturated rings. The van der Waals surface area contributed by atoms with Crippen LogP contribution in [0.4, 0.5) is 23.7 Å². The fourth-order valence-corrected chi connectivity index (χ4v) is 4.04. The first-order valence-corrected chi connectivity index (χ1v) is 8.94. The number of hydrogen-bond donors (Lipinski definition) is 0. The number of thioether (sulfide) groups is 1. The smallest absolute Gasteiger partial charge is 0.244 e. The Balaban J connectivity index is 1.80. The standard InChI is InChI=1S/C19H12F3N2O2S/c20-12-7-11(8-13(21)9-12)10-23-16-5-6-27-17(16)18(25)24(19(23)26)15-4-2-1-3-14(15)22/h1-9,17H,10H2/q+1. The molecule has 0 radical (unpaired) electrons. The summed E-state index contributed by atoms with van der Waals surface area (Å²) in [7, 11) is 0. The number of rotatable bonds is 3. The number of hydrogen-bond acceptors (Lipinski definition) is 3. The van der Waals surface area contributed by atoms with Crippen molar-refractivity contribution in [3.8, 4) is 0 Å². The molecule has 2 aromatic rings. The predicted molar refractivity (Wildman–Crippen MR) is 95.1 cm³/mol. The van der Waals surface area contributed by atoms with Crippen LogP contribution in [0.2, 0.25) is 0 Å². The van der Waals surface area contributed by atoms with Crippen LogP contribution in [0.25, 0.3) is 0 Å². The molecule has 2 aliphatic rings. The van der Waals surface area contributed by atoms with Crippen LogP contribution in [0, 0.1) is 17.5 Å². The second kappa shape index (κ2) is 6.70. The normalized spacial score (nSPS) is 19.1. The van der Waals surface area contributed by atoms with E-state index in [1.54, 1.807) is 11.5 Å². The van der Waals surface area contributed by atoms with Gasteiger partial charge in [-0.05, 0) is 41.3 Å². The van der Waals surface area contributed by atoms with E-state index in [0.29, 0.717) is 5.71 Å². The number of urea groups is 1. The third-order valence-corrected chi connectivity index (χ3v) is 5.27. The van der Waals surface area contributed by atoms with Crippen LogP contribution < -0.4 is 4.90 Å². The third-order valence-electron chi connectivity index (χ3n) is 4.26. The first kappa shape index (κ1) is 17.5. The van der Waals surface area contributed by atoms with Crippen molar-refractivity contribution in [1.29, 1.82) is 0 Å². The highest BCUT2D eigenvalue weighted by molar-refractivity contribution is 8.04. The van der Waals surface area contributed by atoms with Gasteiger partial charge in [0.25, 0.3) is 0 Å². The molecule has 2 heterocycles. The lowest BCUT2D eigenvalue weighted by Crippen LogP contribution is -2.55. The number of halogens is 3. The summed E-state index contributed by atoms with van der Waals surface area (Å²) in [6.45, 7) is -0.150. The number of benzene rings is 2. The first-order valence-electron chi connectivity index (χ1n) is 7.99. The van der Waals surface area contributed by atoms with Gasteiger partial charge in [-0.25, -0.2) is 18.0 Å². The van der Waals surface area contributed by atoms with Gasteiger partial charge in [0.15, 0.2) is 16.8 Å². The molecule has 2 aromatic carbocycles. The van der Waals surface area contributed by atoms with E-state index in [2.05, 4.69) is 0 Å². The van der Waals surface area contributed by atoms with Crippen LogP contribution >= 0.6 is 11.8 Å². The van der Waals surface area contributed by atoms with Crippen LogP contribution in [0.1, 0.15) is 5.56 Å². The Labute approximate surface area is 156 Å². The van der Waals surface area contributed by atoms with Crippen molar-refractivity contribution in [2.45, 2.75) is 11.8 Å². The maximum atomic E-state index is 14.2. The van der Waals surface area contributed by atoms with Crippen LogP contribution in [0.3, 0.4) is 0 Å². The fourth-order valence-electron chi connectivity index (χ4n) is 3.10. The quantitative estimate of drug-likeness (QED) is 0.749. The molecule has 4 rings (SSSR count). The lowest BCUT2D eigenvalue weighted by Gasteiger charge is -2.24. The zero-order chi connectivity index (χ0) is 19.1. The van der Waals surface area contributed by atoms with Crippen LogP contribution in [0.5, 0.6) is 0 Å². The first-order chi connectivity index (χ1) is 13.0. The number of allylic oxidation sites excluding steroid dienone is 1. The summed E-state index contributed by atoms with van der Waals surface area (Å²) in [6.07, 6.45) is 1.61. The van der Waals surface area contributed by atoms with Crippen LogP contribution in [0.15, 0.2) is 53.9 Å². The number of para-hydroxylation sites is 1. The molecule has 2 aliphatic heterocycles. The molecule has 0 saturated carbocycles. The zero-order valence-electron chi connectivity index (χ0n) is 13.7. The van der Waals surface area contributed by atoms with Crippen molar-refractivity contribution in [2.24, 2.45) is 0 Å². The molecule has 136 valence electrons. The van der Waals surface area contributed by atoms with E-state index in [1.807, 2.05) is 0 Å². The van der Waals surface area contributed by atoms with Gasteiger partial charge < -0.3 is 0 Å². The van der Waals surface area contributed by atoms with Gasteiger partial charge in [-0.2, -0.15) is 9.37 Å². The Hall–Kier alpha value is -2.87. The van der Waals surface area contributed by atoms with Gasteiger partial charge in [-0.3, -0.25) is 0 Å². The molecule has 0 aliphatic carbocycles. The average molecular weight is 389 g/mol. The highest BCUT2D eigenvalue weighted by Gasteiger charge is 2.50. The highest BCUT2D eigenvalue weighted by Crippen LogP contribution is 2.32. The largest absolute Gasteiger partial charge is 0.506 e. The van der Waals surface area contributed by atoms with E-state index in [9.17, 15) is 22.8 Å². The van der Waals surface area contributed by atoms with Gasteiger partial charge in [0.2, 0.25) is 0 Å². The highest BCUT2D eigenvalue weighted by atomic mass is 32.2. The molecule has 0 bridgehead atoms. The summed E-state index contributed by atoms with van der Waals surface area (Å²) in [5.41, 5.74) is 0.474. The van der Waals surface area contributed by atoms with Crippen LogP contribution in [-0.2, 0) is 11.3 Å². The van der Waals surface area contributed by atoms with E-state index in [1.165, 1.54) is 34.5 Å². The molecule has 1 atom stereocenters. The van der Waals surface area contributed by atoms with E-state index in [0.717, 1.165) is 29.2 Å². The minimum absolute atomic E-state index is 0.150. The third kappa shape index (κ3) is 3.06. The monoisotopic (exact) mass is 389 g/mol. The summed E-state index contributed by atoms with van der Waals surface area (Å²) in [4.78, 5) is 26.6. The Morgan fingerprint density at radius 2 is 1.74 bits per heavy atom. The van der Waals surface area contributed by atoms with Gasteiger partial charge in [-0.15, -0.1) is 16.7 Å². The van der Waals surface area contributed by atoms with Crippen LogP contribution in [-0.4, -0.2) is 27.5 Å². The lowest BCUT2D eigenvalue weighted by atomic mass is 10.1. The lowest BCUT2D eigenvalue weighted by molar-refractivity contribution is -0.444. The Morgan fingerprint density at radius 3 is 2.44 bits per heavy atom. The number of amides is 3. The van der Waals surface area contributed by atoms with E-state index in [4.69, 9.17) is 0 Å². The Bertz CT molecular complexity index is 1020. The number of carbonyl (C=O) groups excluding carboxylic acids is 2. The van der Waals surface area contributed by atoms with E-state index >= 15 is 0 Å². The molecule has 0 spiro atoms. The number of imide groups is 1. The maximum absolute atomic E-state index is 14.2. The Morgan fingerprint density at radius 1 is 1.04 bits per heavy atom. The van der Waals surface area contributed by atoms with Gasteiger partial charge in [0.05, 0.1) is 0 Å². The van der Waals surface area contributed by atoms with E-state index < -0.39 is 34.6 Å². The summed E-state index contributed by atoms with van der Waals surface area (Å²) in [5, 5.41) is 0.940. The topological polar surface area (TPSA) is 40.4 Å². The average Bonchev–Trinajstić information content (AvgIpc) is 3.09. The predicted octanol–water partition coefficient (Wildman–Crippen LogP) is 3.85. The summed E-state index contributed by atoms with van der Waals surface area (Å²) < 4.78 is 42.5. The van der Waals surface area contributed by atoms with Crippen molar-refractivity contribution >= 4 is 35.1 Å². The fraction of sp³-hybridized carbons (Fsp3) is 0.105. The molecule has 0 aromatic heterocycles. The number of carbonyl (C=O) groups is 2. The molecule has 1 unspecified atom stereocenters. The molecular formula is C19H12F3N2O2S+. The number of fused-ring (bicyclic) bond motifs is 1. The minimum Gasteiger partial charge on any atom is -0.244 e. The number of anilines is 1. The molecule has 4 nitrogen and oxygen atoms in total. The maximum Gasteiger partial charge on any atom is 0.506 e. The SMILES string of the molecule is O=C1C2SC=CC2=[N+](Cc2cc(F)cc(F)c2)C(=O)N1c1ccccc1F. The summed E-state index contributed by atoms with van der Waals surface area (Å²) in [5.74, 6) is -2.81. The molecular weight excluding hydrogens is 377 g/mol. The Kier molecular flexibility index (Phi) is 4.35. The van der Waals surface area contributed by atoms with Gasteiger partial charge in [0, 0.05) is 6.07 Å². The van der Waals surface area contributed by atoms with E-state index in [-0.39, 0.29) is 17.8 Å². The zero-order valence-corrected chi connectivity index (χ0v) is 14.6.